The van der Waals surface area contributed by atoms with Crippen molar-refractivity contribution in [2.24, 2.45) is 0 Å². The van der Waals surface area contributed by atoms with Gasteiger partial charge in [0.05, 0.1) is 6.26 Å². The summed E-state index contributed by atoms with van der Waals surface area (Å²) in [5.74, 6) is -0.546. The smallest absolute Gasteiger partial charge is 0.413 e. The van der Waals surface area contributed by atoms with Crippen LogP contribution >= 0.6 is 0 Å². The van der Waals surface area contributed by atoms with Crippen molar-refractivity contribution in [2.45, 2.75) is 25.5 Å². The van der Waals surface area contributed by atoms with Gasteiger partial charge in [-0.25, -0.2) is 9.59 Å². The van der Waals surface area contributed by atoms with Gasteiger partial charge in [0, 0.05) is 6.42 Å². The van der Waals surface area contributed by atoms with E-state index in [2.05, 4.69) is 0 Å². The van der Waals surface area contributed by atoms with Gasteiger partial charge in [-0.15, -0.1) is 0 Å². The van der Waals surface area contributed by atoms with Crippen LogP contribution in [0, 0.1) is 0 Å². The molecule has 0 aliphatic carbocycles. The molecule has 1 aliphatic rings. The number of Topliss-reactive ketones (excluding diaryl/α,β-unsaturated/α-hetero) is 1. The Bertz CT molecular complexity index is 740. The molecule has 2 heterocycles. The Labute approximate surface area is 144 Å². The number of benzene rings is 1. The number of ether oxygens (including phenoxy) is 2. The number of hydrogen-bond donors (Lipinski definition) is 0. The number of carbonyl (C=O) groups is 3. The Hall–Kier alpha value is -3.09. The zero-order valence-electron chi connectivity index (χ0n) is 13.4. The van der Waals surface area contributed by atoms with Gasteiger partial charge >= 0.3 is 12.1 Å². The molecule has 1 amide bonds. The minimum atomic E-state index is -0.831. The summed E-state index contributed by atoms with van der Waals surface area (Å²) in [5.41, 5.74) is 0.840. The number of cyclic esters (lactones) is 1. The normalized spacial score (nSPS) is 16.6. The van der Waals surface area contributed by atoms with Gasteiger partial charge in [0.25, 0.3) is 0 Å². The van der Waals surface area contributed by atoms with Crippen molar-refractivity contribution in [3.63, 3.8) is 0 Å². The average Bonchev–Trinajstić information content (AvgIpc) is 3.29. The molecule has 2 aromatic rings. The first-order valence-corrected chi connectivity index (χ1v) is 7.86. The van der Waals surface area contributed by atoms with Gasteiger partial charge in [0.15, 0.2) is 18.3 Å². The molecule has 130 valence electrons. The number of ketones is 1. The van der Waals surface area contributed by atoms with E-state index in [0.29, 0.717) is 0 Å². The molecule has 0 spiro atoms. The van der Waals surface area contributed by atoms with Crippen LogP contribution in [0.4, 0.5) is 4.79 Å². The van der Waals surface area contributed by atoms with Crippen molar-refractivity contribution in [3.05, 3.63) is 60.1 Å². The van der Waals surface area contributed by atoms with Crippen LogP contribution in [0.1, 0.15) is 29.0 Å². The van der Waals surface area contributed by atoms with Crippen LogP contribution in [-0.4, -0.2) is 35.5 Å². The van der Waals surface area contributed by atoms with Crippen LogP contribution in [0.5, 0.6) is 0 Å². The Morgan fingerprint density at radius 1 is 1.16 bits per heavy atom. The molecule has 0 radical (unpaired) electrons. The number of rotatable bonds is 6. The zero-order chi connectivity index (χ0) is 17.6. The maximum absolute atomic E-state index is 12.2. The van der Waals surface area contributed by atoms with Gasteiger partial charge in [-0.1, -0.05) is 30.3 Å². The number of amides is 1. The minimum Gasteiger partial charge on any atom is -0.461 e. The fraction of sp³-hybridized carbons (Fsp3) is 0.278. The second-order valence-electron chi connectivity index (χ2n) is 5.56. The van der Waals surface area contributed by atoms with E-state index < -0.39 is 18.1 Å². The summed E-state index contributed by atoms with van der Waals surface area (Å²) in [7, 11) is 0. The second kappa shape index (κ2) is 7.65. The molecule has 1 aromatic carbocycles. The molecule has 3 rings (SSSR count). The van der Waals surface area contributed by atoms with Gasteiger partial charge in [-0.3, -0.25) is 9.69 Å². The molecule has 7 nitrogen and oxygen atoms in total. The Morgan fingerprint density at radius 2 is 1.96 bits per heavy atom. The van der Waals surface area contributed by atoms with Crippen LogP contribution in [-0.2, 0) is 20.9 Å². The van der Waals surface area contributed by atoms with Crippen molar-refractivity contribution in [3.8, 4) is 0 Å². The number of esters is 1. The molecule has 1 aliphatic heterocycles. The van der Waals surface area contributed by atoms with Crippen molar-refractivity contribution in [1.29, 1.82) is 0 Å². The number of furan rings is 1. The van der Waals surface area contributed by atoms with E-state index in [1.165, 1.54) is 11.2 Å². The van der Waals surface area contributed by atoms with Gasteiger partial charge in [-0.05, 0) is 24.1 Å². The van der Waals surface area contributed by atoms with Crippen LogP contribution in [0.15, 0.2) is 53.1 Å². The third-order valence-corrected chi connectivity index (χ3v) is 3.87. The standard InChI is InChI=1S/C18H17NO6/c20-15(16-7-4-10-23-16)9-8-14-17(21)25-12-19(14)18(22)24-11-13-5-2-1-3-6-13/h1-7,10,14H,8-9,11-12H2/t14-/m0/s1. The van der Waals surface area contributed by atoms with Crippen LogP contribution in [0.3, 0.4) is 0 Å². The van der Waals surface area contributed by atoms with Crippen molar-refractivity contribution >= 4 is 17.8 Å². The predicted octanol–water partition coefficient (Wildman–Crippen LogP) is 2.76. The van der Waals surface area contributed by atoms with Gasteiger partial charge < -0.3 is 13.9 Å². The Balaban J connectivity index is 1.55. The lowest BCUT2D eigenvalue weighted by Crippen LogP contribution is -2.38. The summed E-state index contributed by atoms with van der Waals surface area (Å²) < 4.78 is 15.2. The summed E-state index contributed by atoms with van der Waals surface area (Å²) in [6, 6.07) is 11.6. The molecule has 0 bridgehead atoms. The van der Waals surface area contributed by atoms with Crippen molar-refractivity contribution < 1.29 is 28.3 Å². The second-order valence-corrected chi connectivity index (χ2v) is 5.56. The van der Waals surface area contributed by atoms with Crippen LogP contribution < -0.4 is 0 Å². The largest absolute Gasteiger partial charge is 0.461 e. The van der Waals surface area contributed by atoms with E-state index in [4.69, 9.17) is 13.9 Å². The molecule has 0 N–H and O–H groups in total. The summed E-state index contributed by atoms with van der Waals surface area (Å²) >= 11 is 0. The lowest BCUT2D eigenvalue weighted by atomic mass is 10.1. The Morgan fingerprint density at radius 3 is 2.68 bits per heavy atom. The maximum Gasteiger partial charge on any atom is 0.413 e. The highest BCUT2D eigenvalue weighted by Gasteiger charge is 2.38. The van der Waals surface area contributed by atoms with Crippen LogP contribution in [0.2, 0.25) is 0 Å². The first-order valence-electron chi connectivity index (χ1n) is 7.86. The third kappa shape index (κ3) is 4.06. The Kier molecular flexibility index (Phi) is 5.13. The van der Waals surface area contributed by atoms with E-state index >= 15 is 0 Å². The minimum absolute atomic E-state index is 0.0652. The van der Waals surface area contributed by atoms with Crippen molar-refractivity contribution in [2.75, 3.05) is 6.73 Å². The predicted molar refractivity (Wildman–Crippen MR) is 85.5 cm³/mol. The summed E-state index contributed by atoms with van der Waals surface area (Å²) in [6.07, 6.45) is 0.976. The first kappa shape index (κ1) is 16.8. The highest BCUT2D eigenvalue weighted by molar-refractivity contribution is 5.94. The molecule has 7 heteroatoms. The lowest BCUT2D eigenvalue weighted by Gasteiger charge is -2.19. The van der Waals surface area contributed by atoms with E-state index in [0.717, 1.165) is 5.56 Å². The molecule has 25 heavy (non-hydrogen) atoms. The summed E-state index contributed by atoms with van der Waals surface area (Å²) in [6.45, 7) is -0.0749. The molecular formula is C18H17NO6. The lowest BCUT2D eigenvalue weighted by molar-refractivity contribution is -0.139. The summed E-state index contributed by atoms with van der Waals surface area (Å²) in [4.78, 5) is 37.2. The topological polar surface area (TPSA) is 86.1 Å². The SMILES string of the molecule is O=C(CC[C@H]1C(=O)OCN1C(=O)OCc1ccccc1)c1ccco1. The van der Waals surface area contributed by atoms with Gasteiger partial charge in [-0.2, -0.15) is 0 Å². The molecule has 0 unspecified atom stereocenters. The fourth-order valence-corrected chi connectivity index (χ4v) is 2.53. The molecule has 1 atom stereocenters. The number of nitrogens with zero attached hydrogens (tertiary/aromatic N) is 1. The fourth-order valence-electron chi connectivity index (χ4n) is 2.53. The van der Waals surface area contributed by atoms with E-state index in [9.17, 15) is 14.4 Å². The molecule has 1 aromatic heterocycles. The molecule has 1 fully saturated rings. The van der Waals surface area contributed by atoms with Gasteiger partial charge in [0.2, 0.25) is 0 Å². The quantitative estimate of drug-likeness (QED) is 0.592. The van der Waals surface area contributed by atoms with E-state index in [1.807, 2.05) is 30.3 Å². The monoisotopic (exact) mass is 343 g/mol. The molecular weight excluding hydrogens is 326 g/mol. The van der Waals surface area contributed by atoms with Crippen molar-refractivity contribution in [1.82, 2.24) is 4.90 Å². The van der Waals surface area contributed by atoms with E-state index in [1.54, 1.807) is 12.1 Å². The average molecular weight is 343 g/mol. The first-order chi connectivity index (χ1) is 12.1. The summed E-state index contributed by atoms with van der Waals surface area (Å²) in [5, 5.41) is 0. The van der Waals surface area contributed by atoms with Crippen LogP contribution in [0.25, 0.3) is 0 Å². The number of carbonyl (C=O) groups excluding carboxylic acids is 3. The molecule has 1 saturated heterocycles. The zero-order valence-corrected chi connectivity index (χ0v) is 13.4. The highest BCUT2D eigenvalue weighted by Crippen LogP contribution is 2.19. The maximum atomic E-state index is 12.2. The third-order valence-electron chi connectivity index (χ3n) is 3.87. The number of hydrogen-bond acceptors (Lipinski definition) is 6. The van der Waals surface area contributed by atoms with E-state index in [-0.39, 0.29) is 37.7 Å². The van der Waals surface area contributed by atoms with Gasteiger partial charge in [0.1, 0.15) is 12.6 Å². The highest BCUT2D eigenvalue weighted by atomic mass is 16.6. The molecule has 0 saturated carbocycles.